The second-order valence-electron chi connectivity index (χ2n) is 6.30. The van der Waals surface area contributed by atoms with Gasteiger partial charge in [-0.2, -0.15) is 23.1 Å². The molecule has 1 fully saturated rings. The van der Waals surface area contributed by atoms with E-state index in [1.54, 1.807) is 6.07 Å². The van der Waals surface area contributed by atoms with Gasteiger partial charge in [-0.3, -0.25) is 4.90 Å². The van der Waals surface area contributed by atoms with Gasteiger partial charge in [-0.15, -0.1) is 5.10 Å². The molecule has 2 heterocycles. The lowest BCUT2D eigenvalue weighted by Crippen LogP contribution is -2.45. The average molecular weight is 366 g/mol. The Morgan fingerprint density at radius 2 is 1.96 bits per heavy atom. The number of rotatable bonds is 3. The zero-order valence-corrected chi connectivity index (χ0v) is 14.2. The van der Waals surface area contributed by atoms with E-state index < -0.39 is 17.3 Å². The number of hydrogen-bond acceptors (Lipinski definition) is 6. The monoisotopic (exact) mass is 366 g/mol. The maximum atomic E-state index is 13.2. The molecule has 7 nitrogen and oxygen atoms in total. The number of tetrazole rings is 1. The number of morpholine rings is 1. The van der Waals surface area contributed by atoms with Crippen LogP contribution in [0.15, 0.2) is 18.2 Å². The summed E-state index contributed by atoms with van der Waals surface area (Å²) < 4.78 is 46.5. The van der Waals surface area contributed by atoms with Crippen molar-refractivity contribution < 1.29 is 17.9 Å². The van der Waals surface area contributed by atoms with E-state index in [4.69, 9.17) is 10.00 Å². The molecule has 1 aromatic carbocycles. The Morgan fingerprint density at radius 3 is 2.58 bits per heavy atom. The molecule has 0 radical (unpaired) electrons. The van der Waals surface area contributed by atoms with Crippen LogP contribution in [-0.4, -0.2) is 50.4 Å². The lowest BCUT2D eigenvalue weighted by Gasteiger charge is -2.34. The third-order valence-electron chi connectivity index (χ3n) is 4.07. The van der Waals surface area contributed by atoms with Crippen molar-refractivity contribution in [2.24, 2.45) is 0 Å². The molecule has 1 saturated heterocycles. The van der Waals surface area contributed by atoms with E-state index in [-0.39, 0.29) is 17.9 Å². The van der Waals surface area contributed by atoms with Crippen LogP contribution in [0.25, 0.3) is 5.69 Å². The van der Waals surface area contributed by atoms with Gasteiger partial charge in [-0.1, -0.05) is 0 Å². The molecule has 0 amide bonds. The summed E-state index contributed by atoms with van der Waals surface area (Å²) in [6.07, 6.45) is -4.53. The van der Waals surface area contributed by atoms with Crippen molar-refractivity contribution >= 4 is 0 Å². The lowest BCUT2D eigenvalue weighted by atomic mass is 10.1. The van der Waals surface area contributed by atoms with Crippen LogP contribution in [0.3, 0.4) is 0 Å². The summed E-state index contributed by atoms with van der Waals surface area (Å²) in [6.45, 7) is 5.66. The minimum Gasteiger partial charge on any atom is -0.373 e. The molecule has 1 aliphatic heterocycles. The first-order valence-electron chi connectivity index (χ1n) is 8.04. The third kappa shape index (κ3) is 3.84. The highest BCUT2D eigenvalue weighted by atomic mass is 19.4. The van der Waals surface area contributed by atoms with Gasteiger partial charge in [-0.25, -0.2) is 0 Å². The van der Waals surface area contributed by atoms with E-state index in [1.807, 2.05) is 13.8 Å². The van der Waals surface area contributed by atoms with Gasteiger partial charge >= 0.3 is 6.18 Å². The number of halogens is 3. The number of hydrogen-bond donors (Lipinski definition) is 0. The Hall–Kier alpha value is -2.51. The standard InChI is InChI=1S/C16H17F3N6O/c1-10-7-24(8-11(2)26-10)9-15-21-22-23-25(15)13-4-3-12(6-20)14(5-13)16(17,18)19/h3-5,10-11H,7-9H2,1-2H3. The molecule has 26 heavy (non-hydrogen) atoms. The highest BCUT2D eigenvalue weighted by Gasteiger charge is 2.34. The normalized spacial score (nSPS) is 21.5. The second kappa shape index (κ2) is 7.01. The Bertz CT molecular complexity index is 818. The number of ether oxygens (including phenoxy) is 1. The maximum absolute atomic E-state index is 13.2. The van der Waals surface area contributed by atoms with Gasteiger partial charge in [0.15, 0.2) is 5.82 Å². The minimum atomic E-state index is -4.63. The molecule has 0 spiro atoms. The molecule has 10 heteroatoms. The van der Waals surface area contributed by atoms with Crippen LogP contribution < -0.4 is 0 Å². The Balaban J connectivity index is 1.90. The fourth-order valence-corrected chi connectivity index (χ4v) is 3.11. The number of nitriles is 1. The molecule has 138 valence electrons. The average Bonchev–Trinajstić information content (AvgIpc) is 3.00. The minimum absolute atomic E-state index is 0.0508. The molecule has 0 bridgehead atoms. The SMILES string of the molecule is CC1CN(Cc2nnnn2-c2ccc(C#N)c(C(F)(F)F)c2)CC(C)O1. The fraction of sp³-hybridized carbons (Fsp3) is 0.500. The van der Waals surface area contributed by atoms with Crippen molar-refractivity contribution in [3.05, 3.63) is 35.2 Å². The fourth-order valence-electron chi connectivity index (χ4n) is 3.11. The van der Waals surface area contributed by atoms with Crippen molar-refractivity contribution in [1.29, 1.82) is 5.26 Å². The molecule has 0 N–H and O–H groups in total. The summed E-state index contributed by atoms with van der Waals surface area (Å²) in [6, 6.07) is 4.98. The van der Waals surface area contributed by atoms with E-state index in [0.29, 0.717) is 25.5 Å². The first kappa shape index (κ1) is 18.3. The summed E-state index contributed by atoms with van der Waals surface area (Å²) in [4.78, 5) is 2.09. The molecule has 0 aliphatic carbocycles. The van der Waals surface area contributed by atoms with E-state index >= 15 is 0 Å². The Labute approximate surface area is 148 Å². The Morgan fingerprint density at radius 1 is 1.27 bits per heavy atom. The molecule has 2 unspecified atom stereocenters. The topological polar surface area (TPSA) is 79.9 Å². The molecular formula is C16H17F3N6O. The quantitative estimate of drug-likeness (QED) is 0.828. The van der Waals surface area contributed by atoms with Gasteiger partial charge in [0.25, 0.3) is 0 Å². The molecule has 2 aromatic rings. The zero-order chi connectivity index (χ0) is 18.9. The predicted octanol–water partition coefficient (Wildman–Crippen LogP) is 2.16. The van der Waals surface area contributed by atoms with E-state index in [0.717, 1.165) is 12.1 Å². The maximum Gasteiger partial charge on any atom is 0.417 e. The van der Waals surface area contributed by atoms with Crippen LogP contribution in [0.2, 0.25) is 0 Å². The highest BCUT2D eigenvalue weighted by Crippen LogP contribution is 2.33. The largest absolute Gasteiger partial charge is 0.417 e. The number of nitrogens with zero attached hydrogens (tertiary/aromatic N) is 6. The summed E-state index contributed by atoms with van der Waals surface area (Å²) in [5.74, 6) is 0.420. The van der Waals surface area contributed by atoms with Crippen LogP contribution >= 0.6 is 0 Å². The van der Waals surface area contributed by atoms with Crippen molar-refractivity contribution in [2.45, 2.75) is 38.8 Å². The summed E-state index contributed by atoms with van der Waals surface area (Å²) >= 11 is 0. The molecule has 1 aliphatic rings. The van der Waals surface area contributed by atoms with Crippen molar-refractivity contribution in [2.75, 3.05) is 13.1 Å². The summed E-state index contributed by atoms with van der Waals surface area (Å²) in [7, 11) is 0. The van der Waals surface area contributed by atoms with Crippen molar-refractivity contribution in [1.82, 2.24) is 25.1 Å². The zero-order valence-electron chi connectivity index (χ0n) is 14.2. The highest BCUT2D eigenvalue weighted by molar-refractivity contribution is 5.47. The first-order valence-corrected chi connectivity index (χ1v) is 8.04. The number of aromatic nitrogens is 4. The van der Waals surface area contributed by atoms with Gasteiger partial charge in [0.1, 0.15) is 0 Å². The van der Waals surface area contributed by atoms with Crippen molar-refractivity contribution in [3.63, 3.8) is 0 Å². The van der Waals surface area contributed by atoms with Gasteiger partial charge in [0.05, 0.1) is 41.6 Å². The summed E-state index contributed by atoms with van der Waals surface area (Å²) in [5.41, 5.74) is -1.29. The lowest BCUT2D eigenvalue weighted by molar-refractivity contribution is -0.137. The second-order valence-corrected chi connectivity index (χ2v) is 6.30. The van der Waals surface area contributed by atoms with E-state index in [1.165, 1.54) is 10.7 Å². The molecule has 3 rings (SSSR count). The molecule has 0 saturated carbocycles. The van der Waals surface area contributed by atoms with Crippen LogP contribution in [0.1, 0.15) is 30.8 Å². The predicted molar refractivity (Wildman–Crippen MR) is 84.2 cm³/mol. The molecule has 2 atom stereocenters. The summed E-state index contributed by atoms with van der Waals surface area (Å²) in [5, 5.41) is 20.3. The third-order valence-corrected chi connectivity index (χ3v) is 4.07. The van der Waals surface area contributed by atoms with Crippen LogP contribution in [-0.2, 0) is 17.5 Å². The van der Waals surface area contributed by atoms with Gasteiger partial charge in [0.2, 0.25) is 0 Å². The van der Waals surface area contributed by atoms with Crippen LogP contribution in [0, 0.1) is 11.3 Å². The smallest absolute Gasteiger partial charge is 0.373 e. The number of alkyl halides is 3. The van der Waals surface area contributed by atoms with Crippen molar-refractivity contribution in [3.8, 4) is 11.8 Å². The van der Waals surface area contributed by atoms with E-state index in [2.05, 4.69) is 20.4 Å². The first-order chi connectivity index (χ1) is 12.3. The van der Waals surface area contributed by atoms with Crippen LogP contribution in [0.4, 0.5) is 13.2 Å². The van der Waals surface area contributed by atoms with Gasteiger partial charge in [-0.05, 0) is 42.5 Å². The van der Waals surface area contributed by atoms with Gasteiger partial charge < -0.3 is 4.74 Å². The molecule has 1 aromatic heterocycles. The van der Waals surface area contributed by atoms with Gasteiger partial charge in [0, 0.05) is 13.1 Å². The van der Waals surface area contributed by atoms with E-state index in [9.17, 15) is 13.2 Å². The Kier molecular flexibility index (Phi) is 4.93. The number of benzene rings is 1. The molecular weight excluding hydrogens is 349 g/mol. The van der Waals surface area contributed by atoms with Crippen LogP contribution in [0.5, 0.6) is 0 Å².